The zero-order valence-electron chi connectivity index (χ0n) is 10.8. The smallest absolute Gasteiger partial charge is 0.0213 e. The van der Waals surface area contributed by atoms with Crippen LogP contribution >= 0.6 is 36.2 Å². The Morgan fingerprint density at radius 1 is 1.17 bits per heavy atom. The fraction of sp³-hybridized carbons (Fsp3) is 0.692. The number of hydrogen-bond donors (Lipinski definition) is 1. The van der Waals surface area contributed by atoms with Gasteiger partial charge in [-0.2, -0.15) is 11.3 Å². The first kappa shape index (κ1) is 18.2. The highest BCUT2D eigenvalue weighted by molar-refractivity contribution is 7.07. The highest BCUT2D eigenvalue weighted by atomic mass is 35.5. The van der Waals surface area contributed by atoms with E-state index in [0.29, 0.717) is 0 Å². The van der Waals surface area contributed by atoms with Crippen molar-refractivity contribution in [2.45, 2.75) is 32.2 Å². The summed E-state index contributed by atoms with van der Waals surface area (Å²) in [7, 11) is 0. The number of piperidine rings is 1. The Labute approximate surface area is 127 Å². The van der Waals surface area contributed by atoms with Gasteiger partial charge in [0, 0.05) is 6.54 Å². The summed E-state index contributed by atoms with van der Waals surface area (Å²) in [4.78, 5) is 2.61. The summed E-state index contributed by atoms with van der Waals surface area (Å²) in [5, 5.41) is 7.87. The maximum atomic E-state index is 3.51. The number of rotatable bonds is 6. The second-order valence-corrected chi connectivity index (χ2v) is 5.34. The van der Waals surface area contributed by atoms with Crippen molar-refractivity contribution < 1.29 is 0 Å². The Balaban J connectivity index is 0.00000144. The van der Waals surface area contributed by atoms with E-state index >= 15 is 0 Å². The minimum atomic E-state index is 0. The molecule has 18 heavy (non-hydrogen) atoms. The number of likely N-dealkylation sites (tertiary alicyclic amines) is 1. The Kier molecular flexibility index (Phi) is 11.2. The van der Waals surface area contributed by atoms with Gasteiger partial charge in [0.15, 0.2) is 0 Å². The van der Waals surface area contributed by atoms with Crippen LogP contribution in [-0.2, 0) is 6.54 Å². The first-order valence-corrected chi connectivity index (χ1v) is 7.33. The zero-order valence-corrected chi connectivity index (χ0v) is 13.2. The molecule has 0 spiro atoms. The summed E-state index contributed by atoms with van der Waals surface area (Å²) < 4.78 is 0. The van der Waals surface area contributed by atoms with Crippen LogP contribution in [0.2, 0.25) is 0 Å². The Morgan fingerprint density at radius 3 is 2.61 bits per heavy atom. The van der Waals surface area contributed by atoms with Crippen LogP contribution in [0.4, 0.5) is 0 Å². The number of thiophene rings is 1. The van der Waals surface area contributed by atoms with Gasteiger partial charge in [0.25, 0.3) is 0 Å². The fourth-order valence-electron chi connectivity index (χ4n) is 2.24. The van der Waals surface area contributed by atoms with Crippen LogP contribution < -0.4 is 5.32 Å². The van der Waals surface area contributed by atoms with Gasteiger partial charge in [-0.25, -0.2) is 0 Å². The molecule has 0 saturated carbocycles. The lowest BCUT2D eigenvalue weighted by atomic mass is 10.1. The van der Waals surface area contributed by atoms with E-state index in [-0.39, 0.29) is 24.8 Å². The highest BCUT2D eigenvalue weighted by Gasteiger charge is 2.08. The molecule has 1 aliphatic heterocycles. The quantitative estimate of drug-likeness (QED) is 0.808. The van der Waals surface area contributed by atoms with E-state index in [4.69, 9.17) is 0 Å². The van der Waals surface area contributed by atoms with E-state index in [1.54, 1.807) is 11.3 Å². The molecule has 1 aliphatic rings. The lowest BCUT2D eigenvalue weighted by molar-refractivity contribution is 0.225. The largest absolute Gasteiger partial charge is 0.313 e. The van der Waals surface area contributed by atoms with E-state index in [1.165, 1.54) is 50.9 Å². The summed E-state index contributed by atoms with van der Waals surface area (Å²) in [5.41, 5.74) is 1.42. The van der Waals surface area contributed by atoms with Crippen molar-refractivity contribution in [3.63, 3.8) is 0 Å². The van der Waals surface area contributed by atoms with Gasteiger partial charge in [0.05, 0.1) is 0 Å². The predicted octanol–water partition coefficient (Wildman–Crippen LogP) is 3.56. The molecule has 0 bridgehead atoms. The second kappa shape index (κ2) is 11.1. The van der Waals surface area contributed by atoms with Crippen LogP contribution in [0.15, 0.2) is 16.8 Å². The minimum absolute atomic E-state index is 0. The van der Waals surface area contributed by atoms with Crippen LogP contribution in [-0.4, -0.2) is 31.1 Å². The van der Waals surface area contributed by atoms with Crippen LogP contribution in [0.3, 0.4) is 0 Å². The summed E-state index contributed by atoms with van der Waals surface area (Å²) >= 11 is 1.78. The number of hydrogen-bond acceptors (Lipinski definition) is 3. The molecule has 1 aromatic heterocycles. The molecule has 1 aromatic rings. The molecule has 106 valence electrons. The normalized spacial score (nSPS) is 15.8. The van der Waals surface area contributed by atoms with Gasteiger partial charge < -0.3 is 10.2 Å². The Bertz CT molecular complexity index is 275. The topological polar surface area (TPSA) is 15.3 Å². The minimum Gasteiger partial charge on any atom is -0.313 e. The summed E-state index contributed by atoms with van der Waals surface area (Å²) in [6, 6.07) is 2.20. The van der Waals surface area contributed by atoms with Gasteiger partial charge in [-0.1, -0.05) is 6.42 Å². The molecule has 0 radical (unpaired) electrons. The molecule has 1 N–H and O–H groups in total. The third kappa shape index (κ3) is 6.95. The molecule has 0 unspecified atom stereocenters. The van der Waals surface area contributed by atoms with E-state index in [2.05, 4.69) is 27.0 Å². The lowest BCUT2D eigenvalue weighted by Crippen LogP contribution is -2.32. The highest BCUT2D eigenvalue weighted by Crippen LogP contribution is 2.08. The molecule has 0 aromatic carbocycles. The second-order valence-electron chi connectivity index (χ2n) is 4.56. The SMILES string of the molecule is Cl.Cl.c1cc(CNCCCN2CCCCC2)cs1. The van der Waals surface area contributed by atoms with Crippen molar-refractivity contribution in [2.24, 2.45) is 0 Å². The van der Waals surface area contributed by atoms with Gasteiger partial charge in [-0.15, -0.1) is 24.8 Å². The van der Waals surface area contributed by atoms with Gasteiger partial charge >= 0.3 is 0 Å². The standard InChI is InChI=1S/C13H22N2S.2ClH/c1-2-7-15(8-3-1)9-4-6-14-11-13-5-10-16-12-13;;/h5,10,12,14H,1-4,6-9,11H2;2*1H. The van der Waals surface area contributed by atoms with Crippen molar-refractivity contribution in [3.05, 3.63) is 22.4 Å². The molecule has 0 aliphatic carbocycles. The molecule has 0 atom stereocenters. The molecule has 2 rings (SSSR count). The lowest BCUT2D eigenvalue weighted by Gasteiger charge is -2.26. The molecular formula is C13H24Cl2N2S. The molecule has 0 amide bonds. The number of nitrogens with one attached hydrogen (secondary N) is 1. The van der Waals surface area contributed by atoms with E-state index in [0.717, 1.165) is 13.1 Å². The summed E-state index contributed by atoms with van der Waals surface area (Å²) in [6.07, 6.45) is 5.53. The average molecular weight is 311 g/mol. The Morgan fingerprint density at radius 2 is 1.94 bits per heavy atom. The van der Waals surface area contributed by atoms with Crippen LogP contribution in [0.5, 0.6) is 0 Å². The fourth-order valence-corrected chi connectivity index (χ4v) is 2.91. The summed E-state index contributed by atoms with van der Waals surface area (Å²) in [6.45, 7) is 6.10. The van der Waals surface area contributed by atoms with Crippen molar-refractivity contribution in [2.75, 3.05) is 26.2 Å². The molecule has 5 heteroatoms. The third-order valence-electron chi connectivity index (χ3n) is 3.19. The van der Waals surface area contributed by atoms with Crippen molar-refractivity contribution in [3.8, 4) is 0 Å². The summed E-state index contributed by atoms with van der Waals surface area (Å²) in [5.74, 6) is 0. The Hall–Kier alpha value is 0.200. The molecule has 1 saturated heterocycles. The van der Waals surface area contributed by atoms with Crippen LogP contribution in [0, 0.1) is 0 Å². The number of nitrogens with zero attached hydrogens (tertiary/aromatic N) is 1. The van der Waals surface area contributed by atoms with E-state index in [1.807, 2.05) is 0 Å². The van der Waals surface area contributed by atoms with Crippen LogP contribution in [0.1, 0.15) is 31.2 Å². The van der Waals surface area contributed by atoms with Crippen molar-refractivity contribution in [1.29, 1.82) is 0 Å². The first-order chi connectivity index (χ1) is 7.95. The third-order valence-corrected chi connectivity index (χ3v) is 3.92. The van der Waals surface area contributed by atoms with Gasteiger partial charge in [0.1, 0.15) is 0 Å². The monoisotopic (exact) mass is 310 g/mol. The van der Waals surface area contributed by atoms with E-state index < -0.39 is 0 Å². The maximum Gasteiger partial charge on any atom is 0.0213 e. The molecule has 1 fully saturated rings. The van der Waals surface area contributed by atoms with Crippen molar-refractivity contribution >= 4 is 36.2 Å². The molecular weight excluding hydrogens is 287 g/mol. The predicted molar refractivity (Wildman–Crippen MR) is 85.4 cm³/mol. The zero-order chi connectivity index (χ0) is 11.1. The van der Waals surface area contributed by atoms with Gasteiger partial charge in [0.2, 0.25) is 0 Å². The molecule has 2 heterocycles. The van der Waals surface area contributed by atoms with Crippen LogP contribution in [0.25, 0.3) is 0 Å². The van der Waals surface area contributed by atoms with Crippen molar-refractivity contribution in [1.82, 2.24) is 10.2 Å². The number of halogens is 2. The van der Waals surface area contributed by atoms with E-state index in [9.17, 15) is 0 Å². The molecule has 2 nitrogen and oxygen atoms in total. The van der Waals surface area contributed by atoms with Gasteiger partial charge in [-0.3, -0.25) is 0 Å². The maximum absolute atomic E-state index is 3.51. The average Bonchev–Trinajstić information content (AvgIpc) is 2.83. The first-order valence-electron chi connectivity index (χ1n) is 6.39. The van der Waals surface area contributed by atoms with Gasteiger partial charge in [-0.05, 0) is 67.8 Å².